The van der Waals surface area contributed by atoms with Crippen LogP contribution in [0.5, 0.6) is 11.5 Å². The van der Waals surface area contributed by atoms with E-state index >= 15 is 0 Å². The number of benzene rings is 2. The van der Waals surface area contributed by atoms with Crippen LogP contribution in [0, 0.1) is 0 Å². The van der Waals surface area contributed by atoms with Gasteiger partial charge in [0.05, 0.1) is 13.7 Å². The van der Waals surface area contributed by atoms with Crippen molar-refractivity contribution >= 4 is 32.8 Å². The smallest absolute Gasteiger partial charge is 0.195 e. The number of fused-ring (bicyclic) bond motifs is 1. The summed E-state index contributed by atoms with van der Waals surface area (Å²) in [7, 11) is 1.67. The number of piperidine rings is 1. The van der Waals surface area contributed by atoms with Crippen molar-refractivity contribution < 1.29 is 14.3 Å². The van der Waals surface area contributed by atoms with Crippen molar-refractivity contribution in [3.8, 4) is 11.5 Å². The standard InChI is InChI=1S/C31H33NO3S/c1-34-26-16-17-27-28(22-26)36-31(24-10-5-2-3-6-11-24)29(27)30(33)23-12-14-25(15-13-23)35-21-9-20-32-18-7-4-8-19-32/h2-3,5-6,10,12-17,22H,4,7-9,11,18-21H2,1H3. The number of hydrogen-bond donors (Lipinski definition) is 0. The SMILES string of the molecule is COc1ccc2c(C(=O)c3ccc(OCCCN4CCCCC4)cc3)c(C3=CC=CC=CC3)sc2c1. The summed E-state index contributed by atoms with van der Waals surface area (Å²) in [6.45, 7) is 4.22. The molecule has 3 aromatic rings. The van der Waals surface area contributed by atoms with E-state index < -0.39 is 0 Å². The minimum atomic E-state index is 0.0381. The molecule has 0 N–H and O–H groups in total. The maximum atomic E-state index is 13.8. The summed E-state index contributed by atoms with van der Waals surface area (Å²) < 4.78 is 12.5. The Bertz CT molecular complexity index is 1290. The number of ether oxygens (including phenoxy) is 2. The number of nitrogens with zero attached hydrogens (tertiary/aromatic N) is 1. The molecule has 36 heavy (non-hydrogen) atoms. The van der Waals surface area contributed by atoms with E-state index in [2.05, 4.69) is 17.1 Å². The van der Waals surface area contributed by atoms with Crippen LogP contribution in [0.1, 0.15) is 52.9 Å². The summed E-state index contributed by atoms with van der Waals surface area (Å²) in [6, 6.07) is 13.6. The molecule has 1 aliphatic carbocycles. The summed E-state index contributed by atoms with van der Waals surface area (Å²) >= 11 is 1.66. The molecule has 2 aliphatic rings. The molecule has 0 radical (unpaired) electrons. The van der Waals surface area contributed by atoms with Gasteiger partial charge in [-0.15, -0.1) is 11.3 Å². The number of hydrogen-bond acceptors (Lipinski definition) is 5. The Morgan fingerprint density at radius 3 is 2.58 bits per heavy atom. The van der Waals surface area contributed by atoms with E-state index in [1.807, 2.05) is 60.7 Å². The van der Waals surface area contributed by atoms with Gasteiger partial charge < -0.3 is 14.4 Å². The minimum Gasteiger partial charge on any atom is -0.497 e. The average Bonchev–Trinajstić information content (AvgIpc) is 3.09. The Morgan fingerprint density at radius 2 is 1.78 bits per heavy atom. The van der Waals surface area contributed by atoms with Gasteiger partial charge in [-0.2, -0.15) is 0 Å². The normalized spacial score (nSPS) is 16.1. The second-order valence-corrected chi connectivity index (χ2v) is 10.4. The van der Waals surface area contributed by atoms with E-state index in [4.69, 9.17) is 9.47 Å². The number of thiophene rings is 1. The van der Waals surface area contributed by atoms with Crippen molar-refractivity contribution in [1.29, 1.82) is 0 Å². The van der Waals surface area contributed by atoms with Crippen LogP contribution in [0.3, 0.4) is 0 Å². The zero-order valence-electron chi connectivity index (χ0n) is 20.9. The van der Waals surface area contributed by atoms with Gasteiger partial charge in [-0.3, -0.25) is 4.79 Å². The molecule has 1 aromatic heterocycles. The van der Waals surface area contributed by atoms with Crippen LogP contribution in [0.15, 0.2) is 72.8 Å². The van der Waals surface area contributed by atoms with Crippen molar-refractivity contribution in [3.63, 3.8) is 0 Å². The van der Waals surface area contributed by atoms with Crippen LogP contribution in [0.2, 0.25) is 0 Å². The molecule has 186 valence electrons. The van der Waals surface area contributed by atoms with Crippen LogP contribution in [-0.4, -0.2) is 44.0 Å². The Morgan fingerprint density at radius 1 is 0.972 bits per heavy atom. The molecule has 0 spiro atoms. The van der Waals surface area contributed by atoms with E-state index in [1.165, 1.54) is 32.4 Å². The van der Waals surface area contributed by atoms with Crippen molar-refractivity contribution in [2.24, 2.45) is 0 Å². The highest BCUT2D eigenvalue weighted by Crippen LogP contribution is 2.40. The molecular weight excluding hydrogens is 466 g/mol. The Hall–Kier alpha value is -3.15. The molecule has 5 rings (SSSR count). The molecular formula is C31H33NO3S. The lowest BCUT2D eigenvalue weighted by atomic mass is 9.96. The molecule has 2 heterocycles. The Kier molecular flexibility index (Phi) is 7.99. The van der Waals surface area contributed by atoms with Gasteiger partial charge in [0.2, 0.25) is 0 Å². The lowest BCUT2D eigenvalue weighted by Crippen LogP contribution is -2.31. The first-order valence-electron chi connectivity index (χ1n) is 12.9. The predicted molar refractivity (Wildman–Crippen MR) is 150 cm³/mol. The monoisotopic (exact) mass is 499 g/mol. The molecule has 0 amide bonds. The average molecular weight is 500 g/mol. The molecule has 5 heteroatoms. The molecule has 0 bridgehead atoms. The number of carbonyl (C=O) groups excluding carboxylic acids is 1. The zero-order valence-corrected chi connectivity index (χ0v) is 21.7. The number of methoxy groups -OCH3 is 1. The van der Waals surface area contributed by atoms with Gasteiger partial charge in [0, 0.05) is 32.6 Å². The highest BCUT2D eigenvalue weighted by atomic mass is 32.1. The summed E-state index contributed by atoms with van der Waals surface area (Å²) in [4.78, 5) is 17.4. The molecule has 0 saturated carbocycles. The molecule has 1 aliphatic heterocycles. The van der Waals surface area contributed by atoms with Gasteiger partial charge in [-0.05, 0) is 86.8 Å². The van der Waals surface area contributed by atoms with Crippen molar-refractivity contribution in [2.45, 2.75) is 32.1 Å². The molecule has 4 nitrogen and oxygen atoms in total. The summed E-state index contributed by atoms with van der Waals surface area (Å²) in [6.07, 6.45) is 16.2. The van der Waals surface area contributed by atoms with Crippen molar-refractivity contribution in [2.75, 3.05) is 33.4 Å². The number of ketones is 1. The lowest BCUT2D eigenvalue weighted by molar-refractivity contribution is 0.104. The van der Waals surface area contributed by atoms with Gasteiger partial charge in [-0.25, -0.2) is 0 Å². The molecule has 2 aromatic carbocycles. The fraction of sp³-hybridized carbons (Fsp3) is 0.323. The van der Waals surface area contributed by atoms with Gasteiger partial charge in [-0.1, -0.05) is 36.8 Å². The van der Waals surface area contributed by atoms with Gasteiger partial charge >= 0.3 is 0 Å². The van der Waals surface area contributed by atoms with Gasteiger partial charge in [0.25, 0.3) is 0 Å². The molecule has 0 atom stereocenters. The fourth-order valence-corrected chi connectivity index (χ4v) is 6.17. The quantitative estimate of drug-likeness (QED) is 0.229. The molecule has 1 saturated heterocycles. The van der Waals surface area contributed by atoms with E-state index in [0.29, 0.717) is 12.2 Å². The van der Waals surface area contributed by atoms with E-state index in [9.17, 15) is 4.79 Å². The second kappa shape index (κ2) is 11.7. The van der Waals surface area contributed by atoms with Crippen LogP contribution >= 0.6 is 11.3 Å². The predicted octanol–water partition coefficient (Wildman–Crippen LogP) is 7.30. The van der Waals surface area contributed by atoms with Crippen LogP contribution < -0.4 is 9.47 Å². The maximum absolute atomic E-state index is 13.8. The molecule has 1 fully saturated rings. The van der Waals surface area contributed by atoms with E-state index in [0.717, 1.165) is 57.0 Å². The van der Waals surface area contributed by atoms with Gasteiger partial charge in [0.1, 0.15) is 11.5 Å². The first-order valence-corrected chi connectivity index (χ1v) is 13.7. The van der Waals surface area contributed by atoms with E-state index in [-0.39, 0.29) is 5.78 Å². The third kappa shape index (κ3) is 5.63. The summed E-state index contributed by atoms with van der Waals surface area (Å²) in [5, 5.41) is 0.969. The van der Waals surface area contributed by atoms with E-state index in [1.54, 1.807) is 18.4 Å². The number of rotatable bonds is 9. The highest BCUT2D eigenvalue weighted by molar-refractivity contribution is 7.20. The first kappa shape index (κ1) is 24.5. The topological polar surface area (TPSA) is 38.8 Å². The second-order valence-electron chi connectivity index (χ2n) is 9.34. The van der Waals surface area contributed by atoms with Crippen molar-refractivity contribution in [3.05, 3.63) is 88.8 Å². The largest absolute Gasteiger partial charge is 0.497 e. The van der Waals surface area contributed by atoms with Crippen molar-refractivity contribution in [1.82, 2.24) is 4.90 Å². The summed E-state index contributed by atoms with van der Waals surface area (Å²) in [5.74, 6) is 1.65. The Balaban J connectivity index is 1.34. The zero-order chi connectivity index (χ0) is 24.7. The highest BCUT2D eigenvalue weighted by Gasteiger charge is 2.23. The van der Waals surface area contributed by atoms with Crippen LogP contribution in [-0.2, 0) is 0 Å². The Labute approximate surface area is 217 Å². The van der Waals surface area contributed by atoms with Crippen LogP contribution in [0.4, 0.5) is 0 Å². The molecule has 0 unspecified atom stereocenters. The number of carbonyl (C=O) groups is 1. The van der Waals surface area contributed by atoms with Gasteiger partial charge in [0.15, 0.2) is 5.78 Å². The fourth-order valence-electron chi connectivity index (χ4n) is 4.91. The summed E-state index contributed by atoms with van der Waals surface area (Å²) in [5.41, 5.74) is 2.59. The lowest BCUT2D eigenvalue weighted by Gasteiger charge is -2.26. The minimum absolute atomic E-state index is 0.0381. The number of allylic oxidation sites excluding steroid dienone is 6. The first-order chi connectivity index (χ1) is 17.7. The third-order valence-electron chi connectivity index (χ3n) is 6.86. The van der Waals surface area contributed by atoms with Crippen LogP contribution in [0.25, 0.3) is 15.7 Å². The third-order valence-corrected chi connectivity index (χ3v) is 8.09. The maximum Gasteiger partial charge on any atom is 0.195 e. The number of likely N-dealkylation sites (tertiary alicyclic amines) is 1.